The Labute approximate surface area is 132 Å². The van der Waals surface area contributed by atoms with Crippen molar-refractivity contribution in [3.63, 3.8) is 0 Å². The van der Waals surface area contributed by atoms with Crippen LogP contribution < -0.4 is 4.74 Å². The number of rotatable bonds is 3. The van der Waals surface area contributed by atoms with Gasteiger partial charge in [0.25, 0.3) is 0 Å². The number of benzene rings is 3. The lowest BCUT2D eigenvalue weighted by molar-refractivity contribution is 0.307. The summed E-state index contributed by atoms with van der Waals surface area (Å²) in [4.78, 5) is 0. The van der Waals surface area contributed by atoms with Gasteiger partial charge in [0.2, 0.25) is 0 Å². The summed E-state index contributed by atoms with van der Waals surface area (Å²) in [6.07, 6.45) is 0. The molecule has 3 aromatic carbocycles. The maximum Gasteiger partial charge on any atom is 0.120 e. The maximum atomic E-state index is 9.52. The number of ether oxygens (including phenoxy) is 1. The Hall–Kier alpha value is -1.90. The van der Waals surface area contributed by atoms with Gasteiger partial charge in [-0.3, -0.25) is 0 Å². The van der Waals surface area contributed by atoms with E-state index in [4.69, 9.17) is 27.9 Å². The van der Waals surface area contributed by atoms with E-state index in [1.54, 1.807) is 24.3 Å². The third kappa shape index (κ3) is 3.23. The van der Waals surface area contributed by atoms with E-state index < -0.39 is 0 Å². The van der Waals surface area contributed by atoms with Crippen molar-refractivity contribution in [1.29, 1.82) is 0 Å². The number of halogens is 2. The lowest BCUT2D eigenvalue weighted by Gasteiger charge is -2.09. The van der Waals surface area contributed by atoms with Gasteiger partial charge in [0, 0.05) is 15.6 Å². The number of fused-ring (bicyclic) bond motifs is 1. The molecule has 0 fully saturated rings. The first-order valence-electron chi connectivity index (χ1n) is 6.41. The first kappa shape index (κ1) is 14.1. The molecule has 0 aromatic heterocycles. The zero-order valence-electron chi connectivity index (χ0n) is 11.0. The third-order valence-electron chi connectivity index (χ3n) is 3.20. The second kappa shape index (κ2) is 5.84. The quantitative estimate of drug-likeness (QED) is 0.697. The standard InChI is InChI=1S/C17H12Cl2O2/c18-14-4-1-12(17(19)9-14)10-21-16-6-3-11-2-5-15(20)7-13(11)8-16/h1-9,20H,10H2. The first-order valence-corrected chi connectivity index (χ1v) is 7.17. The van der Waals surface area contributed by atoms with E-state index in [-0.39, 0.29) is 5.75 Å². The van der Waals surface area contributed by atoms with Gasteiger partial charge in [0.1, 0.15) is 18.1 Å². The molecule has 0 aliphatic rings. The largest absolute Gasteiger partial charge is 0.508 e. The van der Waals surface area contributed by atoms with Crippen molar-refractivity contribution < 1.29 is 9.84 Å². The Morgan fingerprint density at radius 1 is 0.857 bits per heavy atom. The topological polar surface area (TPSA) is 29.5 Å². The molecule has 0 aliphatic heterocycles. The molecule has 0 saturated carbocycles. The molecule has 4 heteroatoms. The van der Waals surface area contributed by atoms with Crippen molar-refractivity contribution in [1.82, 2.24) is 0 Å². The normalized spacial score (nSPS) is 10.8. The third-order valence-corrected chi connectivity index (χ3v) is 3.79. The van der Waals surface area contributed by atoms with Crippen LogP contribution in [0, 0.1) is 0 Å². The van der Waals surface area contributed by atoms with Crippen molar-refractivity contribution in [3.05, 3.63) is 70.2 Å². The van der Waals surface area contributed by atoms with Crippen molar-refractivity contribution >= 4 is 34.0 Å². The number of phenols is 1. The molecule has 3 aromatic rings. The molecule has 3 rings (SSSR count). The summed E-state index contributed by atoms with van der Waals surface area (Å²) < 4.78 is 5.75. The molecule has 0 radical (unpaired) electrons. The van der Waals surface area contributed by atoms with E-state index in [1.165, 1.54) is 0 Å². The minimum atomic E-state index is 0.236. The summed E-state index contributed by atoms with van der Waals surface area (Å²) in [5, 5.41) is 12.7. The summed E-state index contributed by atoms with van der Waals surface area (Å²) in [6, 6.07) is 16.3. The van der Waals surface area contributed by atoms with Crippen LogP contribution in [0.15, 0.2) is 54.6 Å². The molecule has 106 valence electrons. The minimum Gasteiger partial charge on any atom is -0.508 e. The van der Waals surface area contributed by atoms with Gasteiger partial charge in [-0.05, 0) is 47.2 Å². The van der Waals surface area contributed by atoms with Crippen molar-refractivity contribution in [2.45, 2.75) is 6.61 Å². The van der Waals surface area contributed by atoms with Crippen LogP contribution in [0.1, 0.15) is 5.56 Å². The lowest BCUT2D eigenvalue weighted by Crippen LogP contribution is -1.96. The maximum absolute atomic E-state index is 9.52. The molecule has 0 amide bonds. The monoisotopic (exact) mass is 318 g/mol. The van der Waals surface area contributed by atoms with Crippen molar-refractivity contribution in [2.24, 2.45) is 0 Å². The number of aromatic hydroxyl groups is 1. The highest BCUT2D eigenvalue weighted by Crippen LogP contribution is 2.26. The summed E-state index contributed by atoms with van der Waals surface area (Å²) in [5.74, 6) is 0.958. The fourth-order valence-electron chi connectivity index (χ4n) is 2.10. The average molecular weight is 319 g/mol. The van der Waals surface area contributed by atoms with Crippen LogP contribution >= 0.6 is 23.2 Å². The molecule has 1 N–H and O–H groups in total. The average Bonchev–Trinajstić information content (AvgIpc) is 2.46. The summed E-state index contributed by atoms with van der Waals surface area (Å²) in [5.41, 5.74) is 0.872. The number of hydrogen-bond acceptors (Lipinski definition) is 2. The molecular weight excluding hydrogens is 307 g/mol. The van der Waals surface area contributed by atoms with Crippen molar-refractivity contribution in [2.75, 3.05) is 0 Å². The van der Waals surface area contributed by atoms with Crippen LogP contribution in [0.3, 0.4) is 0 Å². The van der Waals surface area contributed by atoms with Gasteiger partial charge in [-0.15, -0.1) is 0 Å². The molecule has 0 unspecified atom stereocenters. The fraction of sp³-hybridized carbons (Fsp3) is 0.0588. The Morgan fingerprint density at radius 3 is 2.48 bits per heavy atom. The van der Waals surface area contributed by atoms with Crippen LogP contribution in [0.5, 0.6) is 11.5 Å². The highest BCUT2D eigenvalue weighted by molar-refractivity contribution is 6.35. The first-order chi connectivity index (χ1) is 10.1. The highest BCUT2D eigenvalue weighted by Gasteiger charge is 2.04. The van der Waals surface area contributed by atoms with Crippen LogP contribution in [0.25, 0.3) is 10.8 Å². The Balaban J connectivity index is 1.81. The van der Waals surface area contributed by atoms with Gasteiger partial charge >= 0.3 is 0 Å². The summed E-state index contributed by atoms with van der Waals surface area (Å²) in [7, 11) is 0. The van der Waals surface area contributed by atoms with Gasteiger partial charge in [0.15, 0.2) is 0 Å². The molecule has 0 heterocycles. The van der Waals surface area contributed by atoms with Gasteiger partial charge in [-0.1, -0.05) is 41.4 Å². The second-order valence-electron chi connectivity index (χ2n) is 4.72. The SMILES string of the molecule is Oc1ccc2ccc(OCc3ccc(Cl)cc3Cl)cc2c1. The Morgan fingerprint density at radius 2 is 1.67 bits per heavy atom. The van der Waals surface area contributed by atoms with Crippen LogP contribution in [0.4, 0.5) is 0 Å². The molecule has 0 aliphatic carbocycles. The van der Waals surface area contributed by atoms with Crippen LogP contribution in [-0.2, 0) is 6.61 Å². The second-order valence-corrected chi connectivity index (χ2v) is 5.56. The summed E-state index contributed by atoms with van der Waals surface area (Å²) >= 11 is 12.0. The van der Waals surface area contributed by atoms with E-state index in [0.29, 0.717) is 16.7 Å². The van der Waals surface area contributed by atoms with E-state index in [9.17, 15) is 5.11 Å². The van der Waals surface area contributed by atoms with E-state index in [2.05, 4.69) is 0 Å². The van der Waals surface area contributed by atoms with Crippen LogP contribution in [-0.4, -0.2) is 5.11 Å². The van der Waals surface area contributed by atoms with Gasteiger partial charge < -0.3 is 9.84 Å². The predicted octanol–water partition coefficient (Wildman–Crippen LogP) is 5.43. The minimum absolute atomic E-state index is 0.236. The van der Waals surface area contributed by atoms with E-state index >= 15 is 0 Å². The Kier molecular flexibility index (Phi) is 3.91. The smallest absolute Gasteiger partial charge is 0.120 e. The van der Waals surface area contributed by atoms with E-state index in [1.807, 2.05) is 30.3 Å². The fourth-order valence-corrected chi connectivity index (χ4v) is 2.56. The molecule has 0 saturated heterocycles. The van der Waals surface area contributed by atoms with E-state index in [0.717, 1.165) is 22.1 Å². The van der Waals surface area contributed by atoms with Gasteiger partial charge in [-0.2, -0.15) is 0 Å². The Bertz CT molecular complexity index is 800. The molecular formula is C17H12Cl2O2. The zero-order chi connectivity index (χ0) is 14.8. The van der Waals surface area contributed by atoms with Crippen molar-refractivity contribution in [3.8, 4) is 11.5 Å². The molecule has 0 bridgehead atoms. The van der Waals surface area contributed by atoms with Gasteiger partial charge in [-0.25, -0.2) is 0 Å². The molecule has 2 nitrogen and oxygen atoms in total. The lowest BCUT2D eigenvalue weighted by atomic mass is 10.1. The molecule has 0 spiro atoms. The van der Waals surface area contributed by atoms with Crippen LogP contribution in [0.2, 0.25) is 10.0 Å². The summed E-state index contributed by atoms with van der Waals surface area (Å²) in [6.45, 7) is 0.361. The predicted molar refractivity (Wildman–Crippen MR) is 86.4 cm³/mol. The van der Waals surface area contributed by atoms with Gasteiger partial charge in [0.05, 0.1) is 0 Å². The zero-order valence-corrected chi connectivity index (χ0v) is 12.5. The molecule has 0 atom stereocenters. The number of hydrogen-bond donors (Lipinski definition) is 1. The molecule has 21 heavy (non-hydrogen) atoms. The highest BCUT2D eigenvalue weighted by atomic mass is 35.5. The number of phenolic OH excluding ortho intramolecular Hbond substituents is 1.